The maximum atomic E-state index is 12.9. The topological polar surface area (TPSA) is 110 Å². The minimum absolute atomic E-state index is 0.141. The molecule has 0 aliphatic carbocycles. The van der Waals surface area contributed by atoms with Gasteiger partial charge in [-0.1, -0.05) is 5.16 Å². The first-order valence-corrected chi connectivity index (χ1v) is 10.6. The van der Waals surface area contributed by atoms with E-state index in [1.54, 1.807) is 30.2 Å². The third kappa shape index (κ3) is 5.20. The third-order valence-corrected chi connectivity index (χ3v) is 5.93. The number of nitrogens with one attached hydrogen (secondary N) is 1. The van der Waals surface area contributed by atoms with Gasteiger partial charge < -0.3 is 19.5 Å². The van der Waals surface area contributed by atoms with E-state index in [4.69, 9.17) is 4.74 Å². The van der Waals surface area contributed by atoms with Crippen molar-refractivity contribution in [3.05, 3.63) is 52.5 Å². The zero-order valence-electron chi connectivity index (χ0n) is 17.3. The number of hydrogen-bond acceptors (Lipinski definition) is 8. The Kier molecular flexibility index (Phi) is 6.42. The van der Waals surface area contributed by atoms with Gasteiger partial charge >= 0.3 is 12.1 Å². The molecular formula is C20H18F3N5O4S. The van der Waals surface area contributed by atoms with Crippen molar-refractivity contribution in [2.45, 2.75) is 19.1 Å². The summed E-state index contributed by atoms with van der Waals surface area (Å²) in [7, 11) is 0. The minimum Gasteiger partial charge on any atom is -0.377 e. The molecule has 0 bridgehead atoms. The molecule has 1 fully saturated rings. The fourth-order valence-corrected chi connectivity index (χ4v) is 4.10. The van der Waals surface area contributed by atoms with Crippen molar-refractivity contribution in [3.8, 4) is 10.7 Å². The summed E-state index contributed by atoms with van der Waals surface area (Å²) in [5.41, 5.74) is 1.22. The molecule has 9 nitrogen and oxygen atoms in total. The van der Waals surface area contributed by atoms with E-state index in [0.29, 0.717) is 18.7 Å². The first-order valence-electron chi connectivity index (χ1n) is 9.83. The molecule has 1 unspecified atom stereocenters. The molecule has 1 aliphatic heterocycles. The van der Waals surface area contributed by atoms with E-state index < -0.39 is 18.0 Å². The second-order valence-corrected chi connectivity index (χ2v) is 8.29. The lowest BCUT2D eigenvalue weighted by molar-refractivity contribution is -0.159. The summed E-state index contributed by atoms with van der Waals surface area (Å²) >= 11 is 0.927. The molecule has 0 saturated carbocycles. The highest BCUT2D eigenvalue weighted by atomic mass is 32.1. The summed E-state index contributed by atoms with van der Waals surface area (Å²) < 4.78 is 47.6. The number of amides is 2. The van der Waals surface area contributed by atoms with Gasteiger partial charge in [0.1, 0.15) is 0 Å². The SMILES string of the molecule is Cc1cc(C(=O)N2CCOCC2CNC(=O)c2ccc(-c3noc(C(F)(F)F)n3)s2)ccn1. The first kappa shape index (κ1) is 22.9. The van der Waals surface area contributed by atoms with Crippen molar-refractivity contribution in [1.82, 2.24) is 25.3 Å². The van der Waals surface area contributed by atoms with E-state index in [1.807, 2.05) is 0 Å². The van der Waals surface area contributed by atoms with Gasteiger partial charge in [-0.15, -0.1) is 11.3 Å². The van der Waals surface area contributed by atoms with Gasteiger partial charge in [-0.05, 0) is 31.2 Å². The Morgan fingerprint density at radius 3 is 2.85 bits per heavy atom. The number of aryl methyl sites for hydroxylation is 1. The number of halogens is 3. The molecule has 1 saturated heterocycles. The van der Waals surface area contributed by atoms with Crippen LogP contribution in [0.5, 0.6) is 0 Å². The molecule has 0 aromatic carbocycles. The van der Waals surface area contributed by atoms with Crippen LogP contribution in [-0.4, -0.2) is 64.2 Å². The van der Waals surface area contributed by atoms with E-state index in [1.165, 1.54) is 12.1 Å². The van der Waals surface area contributed by atoms with E-state index in [9.17, 15) is 22.8 Å². The zero-order valence-corrected chi connectivity index (χ0v) is 18.1. The normalized spacial score (nSPS) is 16.6. The molecule has 0 radical (unpaired) electrons. The van der Waals surface area contributed by atoms with Crippen LogP contribution < -0.4 is 5.32 Å². The summed E-state index contributed by atoms with van der Waals surface area (Å²) in [5.74, 6) is -2.33. The van der Waals surface area contributed by atoms with E-state index >= 15 is 0 Å². The Morgan fingerprint density at radius 1 is 1.30 bits per heavy atom. The number of morpholine rings is 1. The maximum Gasteiger partial charge on any atom is 0.471 e. The van der Waals surface area contributed by atoms with Gasteiger partial charge in [0.25, 0.3) is 11.8 Å². The van der Waals surface area contributed by atoms with Crippen LogP contribution in [0.4, 0.5) is 13.2 Å². The highest BCUT2D eigenvalue weighted by molar-refractivity contribution is 7.17. The lowest BCUT2D eigenvalue weighted by Gasteiger charge is -2.35. The van der Waals surface area contributed by atoms with Crippen LogP contribution in [0.3, 0.4) is 0 Å². The number of carbonyl (C=O) groups excluding carboxylic acids is 2. The van der Waals surface area contributed by atoms with Crippen LogP contribution in [0.25, 0.3) is 10.7 Å². The van der Waals surface area contributed by atoms with Crippen molar-refractivity contribution < 1.29 is 32.0 Å². The van der Waals surface area contributed by atoms with Gasteiger partial charge in [-0.3, -0.25) is 14.6 Å². The van der Waals surface area contributed by atoms with E-state index in [-0.39, 0.29) is 40.7 Å². The van der Waals surface area contributed by atoms with Gasteiger partial charge in [0.05, 0.1) is 29.0 Å². The van der Waals surface area contributed by atoms with Crippen molar-refractivity contribution in [1.29, 1.82) is 0 Å². The quantitative estimate of drug-likeness (QED) is 0.597. The lowest BCUT2D eigenvalue weighted by Crippen LogP contribution is -2.53. The first-order chi connectivity index (χ1) is 15.7. The van der Waals surface area contributed by atoms with Crippen molar-refractivity contribution in [3.63, 3.8) is 0 Å². The monoisotopic (exact) mass is 481 g/mol. The van der Waals surface area contributed by atoms with Crippen molar-refractivity contribution in [2.24, 2.45) is 0 Å². The Hall–Kier alpha value is -3.32. The molecule has 33 heavy (non-hydrogen) atoms. The number of aromatic nitrogens is 3. The molecule has 1 aliphatic rings. The Balaban J connectivity index is 1.40. The third-order valence-electron chi connectivity index (χ3n) is 4.85. The van der Waals surface area contributed by atoms with Crippen LogP contribution in [0.15, 0.2) is 35.0 Å². The highest BCUT2D eigenvalue weighted by Gasteiger charge is 2.38. The number of pyridine rings is 1. The number of hydrogen-bond donors (Lipinski definition) is 1. The average Bonchev–Trinajstić information content (AvgIpc) is 3.47. The predicted octanol–water partition coefficient (Wildman–Crippen LogP) is 2.79. The fraction of sp³-hybridized carbons (Fsp3) is 0.350. The van der Waals surface area contributed by atoms with Crippen LogP contribution in [0.1, 0.15) is 31.6 Å². The van der Waals surface area contributed by atoms with Gasteiger partial charge in [-0.2, -0.15) is 18.2 Å². The Bertz CT molecular complexity index is 1160. The lowest BCUT2D eigenvalue weighted by atomic mass is 10.1. The van der Waals surface area contributed by atoms with Gasteiger partial charge in [0, 0.05) is 30.5 Å². The molecule has 13 heteroatoms. The summed E-state index contributed by atoms with van der Waals surface area (Å²) in [6, 6.07) is 5.85. The molecule has 4 rings (SSSR count). The van der Waals surface area contributed by atoms with Crippen LogP contribution in [0, 0.1) is 6.92 Å². The largest absolute Gasteiger partial charge is 0.471 e. The molecule has 4 heterocycles. The Morgan fingerprint density at radius 2 is 2.12 bits per heavy atom. The Labute approximate surface area is 189 Å². The number of alkyl halides is 3. The molecule has 3 aromatic rings. The minimum atomic E-state index is -4.75. The summed E-state index contributed by atoms with van der Waals surface area (Å²) in [5, 5.41) is 6.07. The molecule has 1 atom stereocenters. The van der Waals surface area contributed by atoms with Crippen LogP contribution >= 0.6 is 11.3 Å². The van der Waals surface area contributed by atoms with E-state index in [0.717, 1.165) is 17.0 Å². The predicted molar refractivity (Wildman–Crippen MR) is 110 cm³/mol. The average molecular weight is 481 g/mol. The molecular weight excluding hydrogens is 463 g/mol. The molecule has 2 amide bonds. The van der Waals surface area contributed by atoms with Gasteiger partial charge in [0.2, 0.25) is 5.82 Å². The molecule has 0 spiro atoms. The fourth-order valence-electron chi connectivity index (χ4n) is 3.25. The van der Waals surface area contributed by atoms with Crippen LogP contribution in [0.2, 0.25) is 0 Å². The van der Waals surface area contributed by atoms with Crippen molar-refractivity contribution >= 4 is 23.2 Å². The van der Waals surface area contributed by atoms with Crippen molar-refractivity contribution in [2.75, 3.05) is 26.3 Å². The maximum absolute atomic E-state index is 12.9. The van der Waals surface area contributed by atoms with Crippen LogP contribution in [-0.2, 0) is 10.9 Å². The number of nitrogens with zero attached hydrogens (tertiary/aromatic N) is 4. The standard InChI is InChI=1S/C20H18F3N5O4S/c1-11-8-12(4-5-24-11)18(30)28-6-7-31-10-13(28)9-25-17(29)15-3-2-14(33-15)16-26-19(32-27-16)20(21,22)23/h2-5,8,13H,6-7,9-10H2,1H3,(H,25,29). The summed E-state index contributed by atoms with van der Waals surface area (Å²) in [4.78, 5) is 35.1. The van der Waals surface area contributed by atoms with E-state index in [2.05, 4.69) is 25.0 Å². The summed E-state index contributed by atoms with van der Waals surface area (Å²) in [6.45, 7) is 2.96. The molecule has 174 valence electrons. The molecule has 3 aromatic heterocycles. The summed E-state index contributed by atoms with van der Waals surface area (Å²) in [6.07, 6.45) is -3.18. The number of thiophene rings is 1. The second kappa shape index (κ2) is 9.27. The number of carbonyl (C=O) groups is 2. The highest BCUT2D eigenvalue weighted by Crippen LogP contribution is 2.31. The molecule has 1 N–H and O–H groups in total. The zero-order chi connectivity index (χ0) is 23.6. The van der Waals surface area contributed by atoms with Gasteiger partial charge in [0.15, 0.2) is 0 Å². The van der Waals surface area contributed by atoms with Gasteiger partial charge in [-0.25, -0.2) is 0 Å². The number of rotatable bonds is 5. The smallest absolute Gasteiger partial charge is 0.377 e. The number of ether oxygens (including phenoxy) is 1. The second-order valence-electron chi connectivity index (χ2n) is 7.21.